The highest BCUT2D eigenvalue weighted by Gasteiger charge is 2.48. The van der Waals surface area contributed by atoms with Crippen LogP contribution in [0.25, 0.3) is 0 Å². The number of aliphatic imine (C=N–C) groups is 1. The van der Waals surface area contributed by atoms with Gasteiger partial charge in [-0.1, -0.05) is 11.6 Å². The van der Waals surface area contributed by atoms with Crippen molar-refractivity contribution in [2.45, 2.75) is 18.4 Å². The molecule has 0 radical (unpaired) electrons. The molecule has 17 heavy (non-hydrogen) atoms. The van der Waals surface area contributed by atoms with Crippen LogP contribution in [0.4, 0.5) is 4.39 Å². The molecule has 88 valence electrons. The number of nitrogens with zero attached hydrogens (tertiary/aromatic N) is 1. The predicted molar refractivity (Wildman–Crippen MR) is 56.6 cm³/mol. The van der Waals surface area contributed by atoms with Gasteiger partial charge in [-0.25, -0.2) is 9.18 Å². The molecule has 0 N–H and O–H groups in total. The van der Waals surface area contributed by atoms with Gasteiger partial charge in [-0.15, -0.1) is 0 Å². The number of carbonyl (C=O) groups excluding carboxylic acids is 1. The van der Waals surface area contributed by atoms with E-state index in [0.717, 1.165) is 0 Å². The minimum Gasteiger partial charge on any atom is -0.454 e. The van der Waals surface area contributed by atoms with Crippen LogP contribution in [0.3, 0.4) is 0 Å². The van der Waals surface area contributed by atoms with E-state index < -0.39 is 11.4 Å². The first-order valence-electron chi connectivity index (χ1n) is 5.05. The molecule has 1 aromatic carbocycles. The van der Waals surface area contributed by atoms with Gasteiger partial charge in [-0.3, -0.25) is 0 Å². The lowest BCUT2D eigenvalue weighted by molar-refractivity contribution is 0.174. The maximum atomic E-state index is 14.1. The fraction of sp³-hybridized carbons (Fsp3) is 0.364. The molecule has 1 aliphatic heterocycles. The number of halogens is 2. The van der Waals surface area contributed by atoms with Crippen LogP contribution in [0.1, 0.15) is 18.4 Å². The van der Waals surface area contributed by atoms with Gasteiger partial charge in [0.2, 0.25) is 12.9 Å². The third kappa shape index (κ3) is 1.43. The molecule has 1 saturated carbocycles. The summed E-state index contributed by atoms with van der Waals surface area (Å²) in [4.78, 5) is 14.0. The van der Waals surface area contributed by atoms with Crippen molar-refractivity contribution in [2.24, 2.45) is 4.99 Å². The molecule has 3 rings (SSSR count). The Labute approximate surface area is 101 Å². The van der Waals surface area contributed by atoms with E-state index in [0.29, 0.717) is 18.6 Å². The highest BCUT2D eigenvalue weighted by Crippen LogP contribution is 2.54. The normalized spacial score (nSPS) is 18.7. The van der Waals surface area contributed by atoms with Gasteiger partial charge in [0.15, 0.2) is 17.3 Å². The van der Waals surface area contributed by atoms with Crippen LogP contribution < -0.4 is 9.47 Å². The van der Waals surface area contributed by atoms with Gasteiger partial charge >= 0.3 is 0 Å². The van der Waals surface area contributed by atoms with Crippen LogP contribution in [-0.2, 0) is 10.3 Å². The molecule has 1 heterocycles. The zero-order valence-electron chi connectivity index (χ0n) is 8.63. The highest BCUT2D eigenvalue weighted by molar-refractivity contribution is 6.32. The highest BCUT2D eigenvalue weighted by atomic mass is 35.5. The number of ether oxygens (including phenoxy) is 2. The van der Waals surface area contributed by atoms with Gasteiger partial charge in [0.25, 0.3) is 0 Å². The van der Waals surface area contributed by atoms with Crippen LogP contribution in [0.15, 0.2) is 11.1 Å². The average molecular weight is 256 g/mol. The van der Waals surface area contributed by atoms with Crippen molar-refractivity contribution < 1.29 is 18.7 Å². The van der Waals surface area contributed by atoms with E-state index in [1.807, 2.05) is 0 Å². The first-order chi connectivity index (χ1) is 8.18. The molecule has 0 saturated heterocycles. The first kappa shape index (κ1) is 10.6. The molecule has 1 fully saturated rings. The van der Waals surface area contributed by atoms with Gasteiger partial charge in [0, 0.05) is 5.56 Å². The van der Waals surface area contributed by atoms with Gasteiger partial charge < -0.3 is 9.47 Å². The van der Waals surface area contributed by atoms with E-state index in [1.165, 1.54) is 12.1 Å². The largest absolute Gasteiger partial charge is 0.454 e. The van der Waals surface area contributed by atoms with Gasteiger partial charge in [0.1, 0.15) is 10.6 Å². The maximum absolute atomic E-state index is 14.1. The van der Waals surface area contributed by atoms with E-state index in [2.05, 4.69) is 4.99 Å². The monoisotopic (exact) mass is 255 g/mol. The molecular weight excluding hydrogens is 249 g/mol. The minimum atomic E-state index is -0.809. The third-order valence-corrected chi connectivity index (χ3v) is 3.37. The lowest BCUT2D eigenvalue weighted by Crippen LogP contribution is -2.06. The predicted octanol–water partition coefficient (Wildman–Crippen LogP) is 2.53. The van der Waals surface area contributed by atoms with Gasteiger partial charge in [-0.05, 0) is 18.9 Å². The molecule has 0 amide bonds. The van der Waals surface area contributed by atoms with Crippen molar-refractivity contribution >= 4 is 17.7 Å². The summed E-state index contributed by atoms with van der Waals surface area (Å²) in [6.45, 7) is 0.0158. The molecule has 0 bridgehead atoms. The molecule has 2 aliphatic rings. The number of benzene rings is 1. The maximum Gasteiger partial charge on any atom is 0.235 e. The van der Waals surface area contributed by atoms with E-state index in [9.17, 15) is 9.18 Å². The van der Waals surface area contributed by atoms with Crippen molar-refractivity contribution in [3.8, 4) is 11.5 Å². The number of isocyanates is 1. The van der Waals surface area contributed by atoms with Crippen molar-refractivity contribution in [3.63, 3.8) is 0 Å². The zero-order valence-corrected chi connectivity index (χ0v) is 9.38. The van der Waals surface area contributed by atoms with Crippen LogP contribution in [0.2, 0.25) is 5.02 Å². The van der Waals surface area contributed by atoms with Gasteiger partial charge in [0.05, 0.1) is 0 Å². The fourth-order valence-electron chi connectivity index (χ4n) is 1.97. The molecule has 1 aliphatic carbocycles. The van der Waals surface area contributed by atoms with Crippen LogP contribution >= 0.6 is 11.6 Å². The van der Waals surface area contributed by atoms with E-state index >= 15 is 0 Å². The molecule has 6 heteroatoms. The summed E-state index contributed by atoms with van der Waals surface area (Å²) in [7, 11) is 0. The van der Waals surface area contributed by atoms with Crippen LogP contribution in [-0.4, -0.2) is 12.9 Å². The van der Waals surface area contributed by atoms with Crippen LogP contribution in [0, 0.1) is 5.82 Å². The third-order valence-electron chi connectivity index (χ3n) is 3.03. The average Bonchev–Trinajstić information content (AvgIpc) is 2.92. The molecule has 0 spiro atoms. The van der Waals surface area contributed by atoms with E-state index in [4.69, 9.17) is 21.1 Å². The summed E-state index contributed by atoms with van der Waals surface area (Å²) < 4.78 is 24.3. The summed E-state index contributed by atoms with van der Waals surface area (Å²) in [5, 5.41) is -0.123. The smallest absolute Gasteiger partial charge is 0.235 e. The lowest BCUT2D eigenvalue weighted by atomic mass is 10.0. The fourth-order valence-corrected chi connectivity index (χ4v) is 2.21. The molecule has 4 nitrogen and oxygen atoms in total. The van der Waals surface area contributed by atoms with Crippen molar-refractivity contribution in [2.75, 3.05) is 6.79 Å². The Morgan fingerprint density at radius 3 is 2.88 bits per heavy atom. The Morgan fingerprint density at radius 2 is 2.24 bits per heavy atom. The van der Waals surface area contributed by atoms with E-state index in [-0.39, 0.29) is 23.1 Å². The van der Waals surface area contributed by atoms with Crippen molar-refractivity contribution in [1.29, 1.82) is 0 Å². The number of hydrogen-bond donors (Lipinski definition) is 0. The number of fused-ring (bicyclic) bond motifs is 1. The number of hydrogen-bond acceptors (Lipinski definition) is 4. The minimum absolute atomic E-state index is 0.0158. The Balaban J connectivity index is 2.19. The first-order valence-corrected chi connectivity index (χ1v) is 5.43. The molecule has 0 unspecified atom stereocenters. The van der Waals surface area contributed by atoms with E-state index in [1.54, 1.807) is 0 Å². The van der Waals surface area contributed by atoms with Crippen molar-refractivity contribution in [1.82, 2.24) is 0 Å². The summed E-state index contributed by atoms with van der Waals surface area (Å²) in [6, 6.07) is 1.50. The molecule has 0 atom stereocenters. The zero-order chi connectivity index (χ0) is 12.0. The molecule has 1 aromatic rings. The van der Waals surface area contributed by atoms with Crippen molar-refractivity contribution in [3.05, 3.63) is 22.5 Å². The SMILES string of the molecule is O=C=NC1(c2cc3c(c(Cl)c2F)OCO3)CC1. The molecule has 0 aromatic heterocycles. The second-order valence-corrected chi connectivity index (χ2v) is 4.40. The van der Waals surface area contributed by atoms with Crippen LogP contribution in [0.5, 0.6) is 11.5 Å². The Bertz CT molecular complexity index is 550. The summed E-state index contributed by atoms with van der Waals surface area (Å²) in [5.74, 6) is -0.00927. The second-order valence-electron chi connectivity index (χ2n) is 4.02. The quantitative estimate of drug-likeness (QED) is 0.603. The Hall–Kier alpha value is -1.58. The Morgan fingerprint density at radius 1 is 1.47 bits per heavy atom. The summed E-state index contributed by atoms with van der Waals surface area (Å²) in [5.41, 5.74) is -0.536. The lowest BCUT2D eigenvalue weighted by Gasteiger charge is -2.12. The second kappa shape index (κ2) is 3.45. The molecular formula is C11H7ClFNO3. The Kier molecular flexibility index (Phi) is 2.15. The summed E-state index contributed by atoms with van der Waals surface area (Å²) >= 11 is 5.86. The standard InChI is InChI=1S/C11H7ClFNO3/c12-8-9(13)6(11(1-2-11)14-4-15)3-7-10(8)17-5-16-7/h3H,1-2,5H2. The van der Waals surface area contributed by atoms with Gasteiger partial charge in [-0.2, -0.15) is 4.99 Å². The summed E-state index contributed by atoms with van der Waals surface area (Å²) in [6.07, 6.45) is 2.69. The topological polar surface area (TPSA) is 47.9 Å². The number of rotatable bonds is 2.